The number of carbonyl (C=O) groups is 2. The van der Waals surface area contributed by atoms with Crippen molar-refractivity contribution in [2.45, 2.75) is 6.54 Å². The minimum Gasteiger partial charge on any atom is -0.268 e. The molecule has 0 aliphatic carbocycles. The van der Waals surface area contributed by atoms with Crippen LogP contribution in [0.25, 0.3) is 6.08 Å². The highest BCUT2D eigenvalue weighted by Gasteiger charge is 2.35. The van der Waals surface area contributed by atoms with E-state index < -0.39 is 11.7 Å². The van der Waals surface area contributed by atoms with Gasteiger partial charge in [-0.3, -0.25) is 14.5 Å². The molecule has 2 amide bonds. The van der Waals surface area contributed by atoms with E-state index >= 15 is 0 Å². The van der Waals surface area contributed by atoms with Gasteiger partial charge in [0.05, 0.1) is 21.5 Å². The second-order valence-electron chi connectivity index (χ2n) is 5.07. The molecule has 1 fully saturated rings. The summed E-state index contributed by atoms with van der Waals surface area (Å²) >= 11 is 12.6. The van der Waals surface area contributed by atoms with E-state index in [-0.39, 0.29) is 16.7 Å². The Bertz CT molecular complexity index is 869. The first-order chi connectivity index (χ1) is 11.4. The third-order valence-electron chi connectivity index (χ3n) is 3.34. The Hall–Kier alpha value is -1.82. The lowest BCUT2D eigenvalue weighted by Gasteiger charge is -2.12. The SMILES string of the molecule is O=C1S/C(=C\c2cccc(F)c2)C(=O)N1Cc1ccc(Cl)c(Cl)c1. The molecule has 122 valence electrons. The number of halogens is 3. The molecule has 2 aromatic carbocycles. The predicted molar refractivity (Wildman–Crippen MR) is 94.4 cm³/mol. The molecule has 3 nitrogen and oxygen atoms in total. The number of carbonyl (C=O) groups excluding carboxylic acids is 2. The van der Waals surface area contributed by atoms with Gasteiger partial charge in [-0.2, -0.15) is 0 Å². The molecule has 0 unspecified atom stereocenters. The fourth-order valence-corrected chi connectivity index (χ4v) is 3.36. The molecule has 0 bridgehead atoms. The van der Waals surface area contributed by atoms with Crippen molar-refractivity contribution in [1.82, 2.24) is 4.90 Å². The second kappa shape index (κ2) is 6.97. The molecule has 1 saturated heterocycles. The van der Waals surface area contributed by atoms with Gasteiger partial charge in [0.15, 0.2) is 0 Å². The maximum Gasteiger partial charge on any atom is 0.293 e. The van der Waals surface area contributed by atoms with Gasteiger partial charge in [0.1, 0.15) is 5.82 Å². The van der Waals surface area contributed by atoms with Crippen LogP contribution in [-0.4, -0.2) is 16.0 Å². The standard InChI is InChI=1S/C17H10Cl2FNO2S/c18-13-5-4-11(7-14(13)19)9-21-16(22)15(24-17(21)23)8-10-2-1-3-12(20)6-10/h1-8H,9H2/b15-8-. The molecule has 0 atom stereocenters. The summed E-state index contributed by atoms with van der Waals surface area (Å²) in [5.41, 5.74) is 1.22. The summed E-state index contributed by atoms with van der Waals surface area (Å²) in [6, 6.07) is 10.7. The molecule has 7 heteroatoms. The van der Waals surface area contributed by atoms with Crippen molar-refractivity contribution in [1.29, 1.82) is 0 Å². The third kappa shape index (κ3) is 3.64. The third-order valence-corrected chi connectivity index (χ3v) is 4.99. The molecule has 2 aromatic rings. The van der Waals surface area contributed by atoms with Crippen LogP contribution in [0.2, 0.25) is 10.0 Å². The van der Waals surface area contributed by atoms with Crippen LogP contribution in [-0.2, 0) is 11.3 Å². The van der Waals surface area contributed by atoms with Crippen LogP contribution in [0.15, 0.2) is 47.4 Å². The molecule has 3 rings (SSSR count). The normalized spacial score (nSPS) is 16.3. The second-order valence-corrected chi connectivity index (χ2v) is 6.88. The van der Waals surface area contributed by atoms with Crippen molar-refractivity contribution < 1.29 is 14.0 Å². The zero-order chi connectivity index (χ0) is 17.3. The quantitative estimate of drug-likeness (QED) is 0.670. The van der Waals surface area contributed by atoms with Crippen LogP contribution in [0.3, 0.4) is 0 Å². The van der Waals surface area contributed by atoms with Crippen LogP contribution in [0.1, 0.15) is 11.1 Å². The molecular weight excluding hydrogens is 372 g/mol. The summed E-state index contributed by atoms with van der Waals surface area (Å²) < 4.78 is 13.2. The first-order valence-corrected chi connectivity index (χ1v) is 8.46. The minimum atomic E-state index is -0.416. The first kappa shape index (κ1) is 17.0. The van der Waals surface area contributed by atoms with E-state index in [4.69, 9.17) is 23.2 Å². The minimum absolute atomic E-state index is 0.0993. The highest BCUT2D eigenvalue weighted by atomic mass is 35.5. The number of imide groups is 1. The molecule has 0 radical (unpaired) electrons. The topological polar surface area (TPSA) is 37.4 Å². The Balaban J connectivity index is 1.82. The van der Waals surface area contributed by atoms with Gasteiger partial charge in [0.2, 0.25) is 0 Å². The lowest BCUT2D eigenvalue weighted by molar-refractivity contribution is -0.123. The van der Waals surface area contributed by atoms with E-state index in [0.717, 1.165) is 16.7 Å². The average molecular weight is 382 g/mol. The van der Waals surface area contributed by atoms with E-state index in [0.29, 0.717) is 21.2 Å². The van der Waals surface area contributed by atoms with E-state index in [9.17, 15) is 14.0 Å². The molecule has 0 spiro atoms. The summed E-state index contributed by atoms with van der Waals surface area (Å²) in [5.74, 6) is -0.820. The van der Waals surface area contributed by atoms with Gasteiger partial charge in [-0.05, 0) is 53.2 Å². The van der Waals surface area contributed by atoms with Gasteiger partial charge in [0.25, 0.3) is 11.1 Å². The van der Waals surface area contributed by atoms with E-state index in [1.165, 1.54) is 18.2 Å². The van der Waals surface area contributed by atoms with Gasteiger partial charge < -0.3 is 0 Å². The van der Waals surface area contributed by atoms with E-state index in [1.54, 1.807) is 30.3 Å². The zero-order valence-electron chi connectivity index (χ0n) is 12.1. The number of hydrogen-bond acceptors (Lipinski definition) is 3. The summed E-state index contributed by atoms with van der Waals surface area (Å²) in [5, 5.41) is 0.380. The molecule has 0 aromatic heterocycles. The number of rotatable bonds is 3. The summed E-state index contributed by atoms with van der Waals surface area (Å²) in [7, 11) is 0. The largest absolute Gasteiger partial charge is 0.293 e. The number of benzene rings is 2. The summed E-state index contributed by atoms with van der Waals surface area (Å²) in [6.07, 6.45) is 1.50. The summed E-state index contributed by atoms with van der Waals surface area (Å²) in [6.45, 7) is 0.0993. The average Bonchev–Trinajstić information content (AvgIpc) is 2.78. The maximum atomic E-state index is 13.2. The molecule has 24 heavy (non-hydrogen) atoms. The smallest absolute Gasteiger partial charge is 0.268 e. The van der Waals surface area contributed by atoms with Crippen molar-refractivity contribution in [3.8, 4) is 0 Å². The fourth-order valence-electron chi connectivity index (χ4n) is 2.20. The van der Waals surface area contributed by atoms with Gasteiger partial charge >= 0.3 is 0 Å². The van der Waals surface area contributed by atoms with Gasteiger partial charge in [-0.25, -0.2) is 4.39 Å². The van der Waals surface area contributed by atoms with Crippen molar-refractivity contribution in [3.05, 3.63) is 74.4 Å². The van der Waals surface area contributed by atoms with Crippen LogP contribution < -0.4 is 0 Å². The van der Waals surface area contributed by atoms with Gasteiger partial charge in [-0.1, -0.05) is 41.4 Å². The fraction of sp³-hybridized carbons (Fsp3) is 0.0588. The van der Waals surface area contributed by atoms with Crippen molar-refractivity contribution in [2.75, 3.05) is 0 Å². The van der Waals surface area contributed by atoms with Crippen LogP contribution in [0.4, 0.5) is 9.18 Å². The first-order valence-electron chi connectivity index (χ1n) is 6.89. The number of hydrogen-bond donors (Lipinski definition) is 0. The van der Waals surface area contributed by atoms with Gasteiger partial charge in [0, 0.05) is 0 Å². The molecule has 1 aliphatic rings. The van der Waals surface area contributed by atoms with Gasteiger partial charge in [-0.15, -0.1) is 0 Å². The maximum absolute atomic E-state index is 13.2. The van der Waals surface area contributed by atoms with Crippen molar-refractivity contribution in [3.63, 3.8) is 0 Å². The van der Waals surface area contributed by atoms with Crippen molar-refractivity contribution in [2.24, 2.45) is 0 Å². The Labute approximate surface area is 152 Å². The molecular formula is C17H10Cl2FNO2S. The zero-order valence-corrected chi connectivity index (χ0v) is 14.5. The van der Waals surface area contributed by atoms with Crippen molar-refractivity contribution >= 4 is 52.2 Å². The number of amides is 2. The Morgan fingerprint density at radius 2 is 1.88 bits per heavy atom. The highest BCUT2D eigenvalue weighted by molar-refractivity contribution is 8.18. The Kier molecular flexibility index (Phi) is 4.94. The van der Waals surface area contributed by atoms with E-state index in [2.05, 4.69) is 0 Å². The Morgan fingerprint density at radius 1 is 1.08 bits per heavy atom. The molecule has 0 saturated carbocycles. The monoisotopic (exact) mass is 381 g/mol. The predicted octanol–water partition coefficient (Wildman–Crippen LogP) is 5.37. The van der Waals surface area contributed by atoms with Crippen LogP contribution >= 0.6 is 35.0 Å². The van der Waals surface area contributed by atoms with E-state index in [1.807, 2.05) is 0 Å². The summed E-state index contributed by atoms with van der Waals surface area (Å²) in [4.78, 5) is 25.9. The molecule has 1 aliphatic heterocycles. The number of thioether (sulfide) groups is 1. The van der Waals surface area contributed by atoms with Crippen LogP contribution in [0.5, 0.6) is 0 Å². The lowest BCUT2D eigenvalue weighted by Crippen LogP contribution is -2.27. The number of nitrogens with zero attached hydrogens (tertiary/aromatic N) is 1. The molecule has 0 N–H and O–H groups in total. The highest BCUT2D eigenvalue weighted by Crippen LogP contribution is 2.34. The lowest BCUT2D eigenvalue weighted by atomic mass is 10.2. The Morgan fingerprint density at radius 3 is 2.58 bits per heavy atom. The van der Waals surface area contributed by atoms with Crippen LogP contribution in [0, 0.1) is 5.82 Å². The molecule has 1 heterocycles.